The van der Waals surface area contributed by atoms with Crippen LogP contribution >= 0.6 is 27.3 Å². The van der Waals surface area contributed by atoms with Gasteiger partial charge >= 0.3 is 0 Å². The van der Waals surface area contributed by atoms with Gasteiger partial charge in [0.05, 0.1) is 6.04 Å². The number of ether oxygens (including phenoxy) is 1. The van der Waals surface area contributed by atoms with Gasteiger partial charge in [-0.1, -0.05) is 6.07 Å². The third-order valence-corrected chi connectivity index (χ3v) is 4.90. The highest BCUT2D eigenvalue weighted by molar-refractivity contribution is 9.10. The minimum absolute atomic E-state index is 0.0518. The van der Waals surface area contributed by atoms with E-state index in [1.165, 1.54) is 12.0 Å². The molecule has 21 heavy (non-hydrogen) atoms. The molecule has 1 amide bonds. The number of hydrogen-bond donors (Lipinski definition) is 2. The largest absolute Gasteiger partial charge is 0.378 e. The molecule has 6 heteroatoms. The highest BCUT2D eigenvalue weighted by Gasteiger charge is 2.11. The van der Waals surface area contributed by atoms with Gasteiger partial charge in [0.15, 0.2) is 0 Å². The molecule has 0 aliphatic rings. The summed E-state index contributed by atoms with van der Waals surface area (Å²) in [6.45, 7) is 2.16. The van der Waals surface area contributed by atoms with Crippen molar-refractivity contribution in [3.05, 3.63) is 45.1 Å². The van der Waals surface area contributed by atoms with Crippen molar-refractivity contribution in [3.8, 4) is 0 Å². The maximum atomic E-state index is 11.5. The van der Waals surface area contributed by atoms with Crippen molar-refractivity contribution < 1.29 is 9.53 Å². The lowest BCUT2D eigenvalue weighted by atomic mass is 10.2. The average molecular weight is 369 g/mol. The Balaban J connectivity index is 2.04. The first-order chi connectivity index (χ1) is 10.1. The lowest BCUT2D eigenvalue weighted by Crippen LogP contribution is -2.17. The first-order valence-corrected chi connectivity index (χ1v) is 8.15. The van der Waals surface area contributed by atoms with E-state index in [9.17, 15) is 4.79 Å². The number of benzene rings is 1. The Morgan fingerprint density at radius 1 is 1.38 bits per heavy atom. The number of thiophene rings is 1. The van der Waals surface area contributed by atoms with Crippen molar-refractivity contribution >= 4 is 44.5 Å². The molecule has 0 spiro atoms. The monoisotopic (exact) mass is 368 g/mol. The van der Waals surface area contributed by atoms with Crippen LogP contribution in [0.3, 0.4) is 0 Å². The van der Waals surface area contributed by atoms with Crippen LogP contribution in [-0.2, 0) is 9.53 Å². The topological polar surface area (TPSA) is 50.4 Å². The SMILES string of the molecule is COCC(=O)Nc1cccc(NC(C)c2sccc2Br)c1. The van der Waals surface area contributed by atoms with Crippen LogP contribution in [-0.4, -0.2) is 19.6 Å². The number of nitrogens with one attached hydrogen (secondary N) is 2. The minimum atomic E-state index is -0.163. The third kappa shape index (κ3) is 4.56. The van der Waals surface area contributed by atoms with E-state index in [1.54, 1.807) is 11.3 Å². The van der Waals surface area contributed by atoms with Gasteiger partial charge in [0, 0.05) is 27.8 Å². The molecule has 0 saturated heterocycles. The zero-order valence-corrected chi connectivity index (χ0v) is 14.3. The van der Waals surface area contributed by atoms with Gasteiger partial charge in [-0.05, 0) is 52.5 Å². The highest BCUT2D eigenvalue weighted by atomic mass is 79.9. The van der Waals surface area contributed by atoms with E-state index >= 15 is 0 Å². The fourth-order valence-corrected chi connectivity index (χ4v) is 3.67. The van der Waals surface area contributed by atoms with Crippen molar-refractivity contribution in [2.45, 2.75) is 13.0 Å². The molecule has 1 heterocycles. The molecule has 0 aliphatic heterocycles. The molecule has 0 bridgehead atoms. The molecule has 2 N–H and O–H groups in total. The fraction of sp³-hybridized carbons (Fsp3) is 0.267. The van der Waals surface area contributed by atoms with E-state index in [-0.39, 0.29) is 18.6 Å². The molecule has 0 saturated carbocycles. The number of carbonyl (C=O) groups excluding carboxylic acids is 1. The van der Waals surface area contributed by atoms with Crippen molar-refractivity contribution in [1.82, 2.24) is 0 Å². The first-order valence-electron chi connectivity index (χ1n) is 6.48. The molecule has 112 valence electrons. The summed E-state index contributed by atoms with van der Waals surface area (Å²) < 4.78 is 5.91. The van der Waals surface area contributed by atoms with Crippen LogP contribution < -0.4 is 10.6 Å². The maximum absolute atomic E-state index is 11.5. The van der Waals surface area contributed by atoms with Crippen LogP contribution in [0.15, 0.2) is 40.2 Å². The molecule has 0 radical (unpaired) electrons. The standard InChI is InChI=1S/C15H17BrN2O2S/c1-10(15-13(16)6-7-21-15)17-11-4-3-5-12(8-11)18-14(19)9-20-2/h3-8,10,17H,9H2,1-2H3,(H,18,19). The van der Waals surface area contributed by atoms with Gasteiger partial charge in [0.25, 0.3) is 0 Å². The number of anilines is 2. The van der Waals surface area contributed by atoms with E-state index in [2.05, 4.69) is 38.9 Å². The zero-order valence-electron chi connectivity index (χ0n) is 11.9. The average Bonchev–Trinajstić information content (AvgIpc) is 2.85. The summed E-state index contributed by atoms with van der Waals surface area (Å²) in [5, 5.41) is 8.28. The van der Waals surface area contributed by atoms with Gasteiger partial charge < -0.3 is 15.4 Å². The Kier molecular flexibility index (Phi) is 5.78. The van der Waals surface area contributed by atoms with Gasteiger partial charge in [-0.25, -0.2) is 0 Å². The number of amides is 1. The molecular formula is C15H17BrN2O2S. The molecule has 0 aliphatic carbocycles. The number of hydrogen-bond acceptors (Lipinski definition) is 4. The Morgan fingerprint density at radius 3 is 2.81 bits per heavy atom. The summed E-state index contributed by atoms with van der Waals surface area (Å²) in [5.74, 6) is -0.163. The number of carbonyl (C=O) groups is 1. The molecule has 1 aromatic carbocycles. The van der Waals surface area contributed by atoms with Gasteiger partial charge in [0.1, 0.15) is 6.61 Å². The first kappa shape index (κ1) is 16.0. The summed E-state index contributed by atoms with van der Waals surface area (Å²) in [7, 11) is 1.50. The van der Waals surface area contributed by atoms with Gasteiger partial charge in [-0.15, -0.1) is 11.3 Å². The summed E-state index contributed by atoms with van der Waals surface area (Å²) in [6.07, 6.45) is 0. The number of rotatable bonds is 6. The Morgan fingerprint density at radius 2 is 2.14 bits per heavy atom. The van der Waals surface area contributed by atoms with Crippen LogP contribution in [0.1, 0.15) is 17.8 Å². The van der Waals surface area contributed by atoms with E-state index in [4.69, 9.17) is 4.74 Å². The smallest absolute Gasteiger partial charge is 0.250 e. The molecular weight excluding hydrogens is 352 g/mol. The second kappa shape index (κ2) is 7.59. The second-order valence-corrected chi connectivity index (χ2v) is 6.36. The lowest BCUT2D eigenvalue weighted by Gasteiger charge is -2.15. The summed E-state index contributed by atoms with van der Waals surface area (Å²) in [6, 6.07) is 9.87. The fourth-order valence-electron chi connectivity index (χ4n) is 1.94. The summed E-state index contributed by atoms with van der Waals surface area (Å²) in [5.41, 5.74) is 1.71. The Labute approximate surface area is 136 Å². The normalized spacial score (nSPS) is 12.0. The van der Waals surface area contributed by atoms with E-state index < -0.39 is 0 Å². The molecule has 1 aromatic heterocycles. The lowest BCUT2D eigenvalue weighted by molar-refractivity contribution is -0.119. The maximum Gasteiger partial charge on any atom is 0.250 e. The molecule has 2 rings (SSSR count). The Hall–Kier alpha value is -1.37. The molecule has 1 unspecified atom stereocenters. The van der Waals surface area contributed by atoms with Crippen LogP contribution in [0.4, 0.5) is 11.4 Å². The van der Waals surface area contributed by atoms with Crippen molar-refractivity contribution in [3.63, 3.8) is 0 Å². The van der Waals surface area contributed by atoms with Crippen molar-refractivity contribution in [2.75, 3.05) is 24.4 Å². The van der Waals surface area contributed by atoms with Crippen LogP contribution in [0.2, 0.25) is 0 Å². The highest BCUT2D eigenvalue weighted by Crippen LogP contribution is 2.31. The van der Waals surface area contributed by atoms with Crippen molar-refractivity contribution in [2.24, 2.45) is 0 Å². The second-order valence-electron chi connectivity index (χ2n) is 4.56. The van der Waals surface area contributed by atoms with Crippen LogP contribution in [0.25, 0.3) is 0 Å². The van der Waals surface area contributed by atoms with Crippen molar-refractivity contribution in [1.29, 1.82) is 0 Å². The van der Waals surface area contributed by atoms with Gasteiger partial charge in [-0.2, -0.15) is 0 Å². The Bertz CT molecular complexity index is 615. The number of methoxy groups -OCH3 is 1. The molecule has 1 atom stereocenters. The number of halogens is 1. The third-order valence-electron chi connectivity index (χ3n) is 2.84. The molecule has 0 fully saturated rings. The predicted octanol–water partition coefficient (Wildman–Crippen LogP) is 4.27. The zero-order chi connectivity index (χ0) is 15.2. The summed E-state index contributed by atoms with van der Waals surface area (Å²) in [4.78, 5) is 12.8. The molecule has 2 aromatic rings. The molecule has 4 nitrogen and oxygen atoms in total. The minimum Gasteiger partial charge on any atom is -0.378 e. The van der Waals surface area contributed by atoms with Crippen LogP contribution in [0, 0.1) is 0 Å². The summed E-state index contributed by atoms with van der Waals surface area (Å²) >= 11 is 5.25. The van der Waals surface area contributed by atoms with Gasteiger partial charge in [0.2, 0.25) is 5.91 Å². The van der Waals surface area contributed by atoms with Crippen LogP contribution in [0.5, 0.6) is 0 Å². The predicted molar refractivity (Wildman–Crippen MR) is 91.0 cm³/mol. The quantitative estimate of drug-likeness (QED) is 0.800. The van der Waals surface area contributed by atoms with E-state index in [0.717, 1.165) is 15.8 Å². The van der Waals surface area contributed by atoms with E-state index in [1.807, 2.05) is 30.3 Å². The van der Waals surface area contributed by atoms with E-state index in [0.29, 0.717) is 0 Å². The van der Waals surface area contributed by atoms with Gasteiger partial charge in [-0.3, -0.25) is 4.79 Å².